The third-order valence-electron chi connectivity index (χ3n) is 3.71. The highest BCUT2D eigenvalue weighted by Gasteiger charge is 2.06. The number of nitrogens with one attached hydrogen (secondary N) is 1. The number of aryl methyl sites for hydroxylation is 1. The normalized spacial score (nSPS) is 10.3. The molecule has 26 heavy (non-hydrogen) atoms. The van der Waals surface area contributed by atoms with E-state index in [0.29, 0.717) is 11.5 Å². The van der Waals surface area contributed by atoms with Gasteiger partial charge in [0.15, 0.2) is 11.5 Å². The summed E-state index contributed by atoms with van der Waals surface area (Å²) >= 11 is 5.40. The number of thiocarbonyl (C=S) groups is 1. The molecule has 2 aromatic carbocycles. The van der Waals surface area contributed by atoms with Crippen LogP contribution >= 0.6 is 12.2 Å². The van der Waals surface area contributed by atoms with Crippen LogP contribution in [0, 0.1) is 12.3 Å². The van der Waals surface area contributed by atoms with Crippen molar-refractivity contribution in [1.29, 1.82) is 0 Å². The maximum Gasteiger partial charge on any atom is 0.162 e. The SMILES string of the molecule is C#CCOc1ccc(CCC(=S)NCC=Cc2ccccc2)cc1OC. The molecule has 2 aromatic rings. The lowest BCUT2D eigenvalue weighted by Crippen LogP contribution is -2.21. The first-order valence-electron chi connectivity index (χ1n) is 8.44. The zero-order valence-corrected chi connectivity index (χ0v) is 15.7. The van der Waals surface area contributed by atoms with E-state index in [1.807, 2.05) is 36.4 Å². The largest absolute Gasteiger partial charge is 0.493 e. The maximum atomic E-state index is 5.45. The first-order valence-corrected chi connectivity index (χ1v) is 8.85. The Kier molecular flexibility index (Phi) is 8.25. The quantitative estimate of drug-likeness (QED) is 0.531. The van der Waals surface area contributed by atoms with Gasteiger partial charge in [-0.1, -0.05) is 66.7 Å². The number of rotatable bonds is 9. The molecule has 0 bridgehead atoms. The molecule has 0 saturated heterocycles. The van der Waals surface area contributed by atoms with Gasteiger partial charge in [0.05, 0.1) is 12.1 Å². The Labute approximate surface area is 161 Å². The van der Waals surface area contributed by atoms with Crippen molar-refractivity contribution in [3.63, 3.8) is 0 Å². The average molecular weight is 365 g/mol. The van der Waals surface area contributed by atoms with E-state index < -0.39 is 0 Å². The molecular formula is C22H23NO2S. The van der Waals surface area contributed by atoms with E-state index in [0.717, 1.165) is 29.9 Å². The first kappa shape index (κ1) is 19.6. The molecule has 0 radical (unpaired) electrons. The van der Waals surface area contributed by atoms with Crippen molar-refractivity contribution in [2.24, 2.45) is 0 Å². The minimum Gasteiger partial charge on any atom is -0.493 e. The van der Waals surface area contributed by atoms with Crippen LogP contribution in [0.2, 0.25) is 0 Å². The number of hydrogen-bond acceptors (Lipinski definition) is 3. The summed E-state index contributed by atoms with van der Waals surface area (Å²) in [5.74, 6) is 3.78. The monoisotopic (exact) mass is 365 g/mol. The van der Waals surface area contributed by atoms with Gasteiger partial charge in [0, 0.05) is 13.0 Å². The lowest BCUT2D eigenvalue weighted by atomic mass is 10.1. The van der Waals surface area contributed by atoms with E-state index in [9.17, 15) is 0 Å². The Balaban J connectivity index is 1.78. The highest BCUT2D eigenvalue weighted by molar-refractivity contribution is 7.80. The molecular weight excluding hydrogens is 342 g/mol. The molecule has 0 aliphatic heterocycles. The van der Waals surface area contributed by atoms with E-state index in [1.165, 1.54) is 5.56 Å². The van der Waals surface area contributed by atoms with Crippen LogP contribution < -0.4 is 14.8 Å². The molecule has 1 N–H and O–H groups in total. The molecule has 0 amide bonds. The van der Waals surface area contributed by atoms with Crippen molar-refractivity contribution in [3.8, 4) is 23.8 Å². The van der Waals surface area contributed by atoms with Gasteiger partial charge in [-0.25, -0.2) is 0 Å². The average Bonchev–Trinajstić information content (AvgIpc) is 2.69. The fourth-order valence-corrected chi connectivity index (χ4v) is 2.57. The van der Waals surface area contributed by atoms with Crippen molar-refractivity contribution in [2.45, 2.75) is 12.8 Å². The van der Waals surface area contributed by atoms with E-state index in [4.69, 9.17) is 28.1 Å². The third kappa shape index (κ3) is 6.62. The molecule has 0 fully saturated rings. The van der Waals surface area contributed by atoms with Gasteiger partial charge in [-0.2, -0.15) is 0 Å². The van der Waals surface area contributed by atoms with Crippen LogP contribution in [-0.2, 0) is 6.42 Å². The van der Waals surface area contributed by atoms with Crippen molar-refractivity contribution >= 4 is 23.3 Å². The van der Waals surface area contributed by atoms with Gasteiger partial charge in [-0.15, -0.1) is 6.42 Å². The summed E-state index contributed by atoms with van der Waals surface area (Å²) in [4.78, 5) is 0.842. The minimum absolute atomic E-state index is 0.222. The lowest BCUT2D eigenvalue weighted by Gasteiger charge is -2.11. The summed E-state index contributed by atoms with van der Waals surface area (Å²) in [6, 6.07) is 16.0. The molecule has 0 unspecified atom stereocenters. The summed E-state index contributed by atoms with van der Waals surface area (Å²) in [7, 11) is 1.62. The van der Waals surface area contributed by atoms with E-state index in [2.05, 4.69) is 35.5 Å². The van der Waals surface area contributed by atoms with Gasteiger partial charge < -0.3 is 14.8 Å². The van der Waals surface area contributed by atoms with E-state index >= 15 is 0 Å². The topological polar surface area (TPSA) is 30.5 Å². The number of ether oxygens (including phenoxy) is 2. The fourth-order valence-electron chi connectivity index (χ4n) is 2.38. The van der Waals surface area contributed by atoms with E-state index in [-0.39, 0.29) is 6.61 Å². The molecule has 2 rings (SSSR count). The Morgan fingerprint density at radius 1 is 1.19 bits per heavy atom. The number of hydrogen-bond donors (Lipinski definition) is 1. The van der Waals surface area contributed by atoms with Crippen molar-refractivity contribution in [1.82, 2.24) is 5.32 Å². The molecule has 3 nitrogen and oxygen atoms in total. The van der Waals surface area contributed by atoms with Crippen LogP contribution in [0.5, 0.6) is 11.5 Å². The molecule has 0 spiro atoms. The fraction of sp³-hybridized carbons (Fsp3) is 0.227. The van der Waals surface area contributed by atoms with Crippen LogP contribution in [0.3, 0.4) is 0 Å². The van der Waals surface area contributed by atoms with E-state index in [1.54, 1.807) is 7.11 Å². The molecule has 0 heterocycles. The summed E-state index contributed by atoms with van der Waals surface area (Å²) < 4.78 is 10.8. The molecule has 0 aromatic heterocycles. The zero-order valence-electron chi connectivity index (χ0n) is 14.9. The van der Waals surface area contributed by atoms with Gasteiger partial charge in [0.1, 0.15) is 6.61 Å². The highest BCUT2D eigenvalue weighted by Crippen LogP contribution is 2.28. The predicted molar refractivity (Wildman–Crippen MR) is 112 cm³/mol. The second kappa shape index (κ2) is 11.0. The van der Waals surface area contributed by atoms with Gasteiger partial charge in [-0.3, -0.25) is 0 Å². The highest BCUT2D eigenvalue weighted by atomic mass is 32.1. The van der Waals surface area contributed by atoms with Crippen molar-refractivity contribution in [3.05, 3.63) is 65.7 Å². The lowest BCUT2D eigenvalue weighted by molar-refractivity contribution is 0.330. The Morgan fingerprint density at radius 2 is 2.00 bits per heavy atom. The molecule has 134 valence electrons. The van der Waals surface area contributed by atoms with Crippen LogP contribution in [0.15, 0.2) is 54.6 Å². The minimum atomic E-state index is 0.222. The molecule has 0 aliphatic carbocycles. The summed E-state index contributed by atoms with van der Waals surface area (Å²) in [6.07, 6.45) is 11.0. The third-order valence-corrected chi connectivity index (χ3v) is 4.06. The smallest absolute Gasteiger partial charge is 0.162 e. The number of methoxy groups -OCH3 is 1. The number of benzene rings is 2. The van der Waals surface area contributed by atoms with Crippen molar-refractivity contribution in [2.75, 3.05) is 20.3 Å². The summed E-state index contributed by atoms with van der Waals surface area (Å²) in [5, 5.41) is 3.26. The summed E-state index contributed by atoms with van der Waals surface area (Å²) in [5.41, 5.74) is 2.32. The molecule has 4 heteroatoms. The standard InChI is InChI=1S/C22H23NO2S/c1-3-16-25-20-13-11-19(17-21(20)24-2)12-14-22(26)23-15-7-10-18-8-5-4-6-9-18/h1,4-11,13,17H,12,14-16H2,2H3,(H,23,26). The van der Waals surface area contributed by atoms with Gasteiger partial charge in [-0.05, 0) is 29.7 Å². The van der Waals surface area contributed by atoms with Gasteiger partial charge in [0.2, 0.25) is 0 Å². The first-order chi connectivity index (χ1) is 12.7. The second-order valence-electron chi connectivity index (χ2n) is 5.60. The predicted octanol–water partition coefficient (Wildman–Crippen LogP) is 4.27. The maximum absolute atomic E-state index is 5.45. The van der Waals surface area contributed by atoms with Crippen LogP contribution in [-0.4, -0.2) is 25.2 Å². The van der Waals surface area contributed by atoms with Gasteiger partial charge >= 0.3 is 0 Å². The zero-order chi connectivity index (χ0) is 18.6. The van der Waals surface area contributed by atoms with Crippen LogP contribution in [0.1, 0.15) is 17.5 Å². The van der Waals surface area contributed by atoms with Gasteiger partial charge in [0.25, 0.3) is 0 Å². The van der Waals surface area contributed by atoms with Crippen molar-refractivity contribution < 1.29 is 9.47 Å². The number of terminal acetylenes is 1. The summed E-state index contributed by atoms with van der Waals surface area (Å²) in [6.45, 7) is 0.941. The molecule has 0 saturated carbocycles. The Hall–Kier alpha value is -2.77. The Bertz CT molecular complexity index is 778. The second-order valence-corrected chi connectivity index (χ2v) is 6.09. The van der Waals surface area contributed by atoms with Crippen LogP contribution in [0.4, 0.5) is 0 Å². The molecule has 0 aliphatic rings. The molecule has 0 atom stereocenters. The van der Waals surface area contributed by atoms with Crippen LogP contribution in [0.25, 0.3) is 6.08 Å². The Morgan fingerprint density at radius 3 is 2.73 bits per heavy atom.